The standard InChI is InChI=1S/C29H24N10S2/c1-19-14-23(34-37-27-9-10-28(41-27)39-11-3-4-12-39)6-7-25(19)35-33-22-5-8-26(20(2)13-22)36-38-29-32-18-24(40-29)15-21(16-30)17-31/h5-10,13-15,18H,3-4,11-12H2,1-2H3/b35-33+,37-34+,38-36+. The molecule has 0 aliphatic carbocycles. The Hall–Kier alpha value is -4.91. The average molecular weight is 577 g/mol. The fraction of sp³-hybridized carbons (Fsp3) is 0.207. The van der Waals surface area contributed by atoms with Crippen LogP contribution < -0.4 is 4.90 Å². The predicted molar refractivity (Wildman–Crippen MR) is 162 cm³/mol. The van der Waals surface area contributed by atoms with Crippen LogP contribution in [0.4, 0.5) is 37.9 Å². The van der Waals surface area contributed by atoms with Crippen molar-refractivity contribution in [3.63, 3.8) is 0 Å². The summed E-state index contributed by atoms with van der Waals surface area (Å²) in [5.41, 5.74) is 4.73. The fourth-order valence-electron chi connectivity index (χ4n) is 4.04. The lowest BCUT2D eigenvalue weighted by atomic mass is 10.2. The third-order valence-electron chi connectivity index (χ3n) is 6.18. The molecule has 1 saturated heterocycles. The minimum Gasteiger partial charge on any atom is -0.363 e. The van der Waals surface area contributed by atoms with Gasteiger partial charge in [-0.05, 0) is 92.4 Å². The number of azo groups is 3. The Morgan fingerprint density at radius 3 is 2.07 bits per heavy atom. The summed E-state index contributed by atoms with van der Waals surface area (Å²) in [4.78, 5) is 7.22. The van der Waals surface area contributed by atoms with Gasteiger partial charge in [-0.2, -0.15) is 20.8 Å². The molecule has 0 spiro atoms. The number of hydrogen-bond donors (Lipinski definition) is 0. The summed E-state index contributed by atoms with van der Waals surface area (Å²) >= 11 is 2.90. The van der Waals surface area contributed by atoms with E-state index in [1.165, 1.54) is 35.3 Å². The fourth-order valence-corrected chi connectivity index (χ4v) is 5.60. The van der Waals surface area contributed by atoms with Crippen LogP contribution in [0, 0.1) is 36.5 Å². The molecular formula is C29H24N10S2. The summed E-state index contributed by atoms with van der Waals surface area (Å²) in [6.07, 6.45) is 5.52. The highest BCUT2D eigenvalue weighted by Crippen LogP contribution is 2.35. The Morgan fingerprint density at radius 2 is 1.44 bits per heavy atom. The van der Waals surface area contributed by atoms with Crippen molar-refractivity contribution in [3.05, 3.63) is 76.3 Å². The Morgan fingerprint density at radius 1 is 0.805 bits per heavy atom. The number of benzene rings is 2. The first-order valence-electron chi connectivity index (χ1n) is 12.8. The van der Waals surface area contributed by atoms with Gasteiger partial charge in [0, 0.05) is 19.3 Å². The molecule has 2 aromatic carbocycles. The highest BCUT2D eigenvalue weighted by molar-refractivity contribution is 7.19. The number of rotatable bonds is 8. The second kappa shape index (κ2) is 13.0. The molecule has 2 aromatic heterocycles. The van der Waals surface area contributed by atoms with E-state index >= 15 is 0 Å². The van der Waals surface area contributed by atoms with Crippen LogP contribution in [0.15, 0.2) is 91.0 Å². The van der Waals surface area contributed by atoms with Gasteiger partial charge < -0.3 is 4.90 Å². The van der Waals surface area contributed by atoms with E-state index < -0.39 is 0 Å². The minimum absolute atomic E-state index is 0.00907. The van der Waals surface area contributed by atoms with E-state index in [-0.39, 0.29) is 5.57 Å². The van der Waals surface area contributed by atoms with Gasteiger partial charge >= 0.3 is 0 Å². The zero-order valence-corrected chi connectivity index (χ0v) is 24.0. The average Bonchev–Trinajstić information content (AvgIpc) is 3.76. The number of thiophene rings is 1. The molecule has 1 aliphatic rings. The Bertz CT molecular complexity index is 1740. The number of nitrogens with zero attached hydrogens (tertiary/aromatic N) is 10. The summed E-state index contributed by atoms with van der Waals surface area (Å²) in [5.74, 6) is 0. The van der Waals surface area contributed by atoms with Crippen LogP contribution in [0.2, 0.25) is 0 Å². The van der Waals surface area contributed by atoms with Gasteiger partial charge in [0.15, 0.2) is 0 Å². The van der Waals surface area contributed by atoms with E-state index in [4.69, 9.17) is 10.5 Å². The van der Waals surface area contributed by atoms with Crippen LogP contribution in [-0.4, -0.2) is 18.1 Å². The van der Waals surface area contributed by atoms with Crippen molar-refractivity contribution < 1.29 is 0 Å². The summed E-state index contributed by atoms with van der Waals surface area (Å²) in [7, 11) is 0. The maximum Gasteiger partial charge on any atom is 0.230 e. The van der Waals surface area contributed by atoms with Crippen LogP contribution in [0.3, 0.4) is 0 Å². The Kier molecular flexibility index (Phi) is 8.74. The molecule has 202 valence electrons. The molecule has 1 fully saturated rings. The van der Waals surface area contributed by atoms with Crippen molar-refractivity contribution >= 4 is 66.6 Å². The van der Waals surface area contributed by atoms with Gasteiger partial charge in [-0.15, -0.1) is 20.5 Å². The smallest absolute Gasteiger partial charge is 0.230 e. The number of anilines is 1. The quantitative estimate of drug-likeness (QED) is 0.152. The normalized spacial score (nSPS) is 13.3. The van der Waals surface area contributed by atoms with E-state index in [0.717, 1.165) is 40.6 Å². The molecular weight excluding hydrogens is 553 g/mol. The van der Waals surface area contributed by atoms with E-state index in [2.05, 4.69) is 46.6 Å². The lowest BCUT2D eigenvalue weighted by Gasteiger charge is -2.13. The zero-order valence-electron chi connectivity index (χ0n) is 22.4. The van der Waals surface area contributed by atoms with Gasteiger partial charge in [0.1, 0.15) is 22.7 Å². The molecule has 12 heteroatoms. The molecule has 0 unspecified atom stereocenters. The topological polar surface area (TPSA) is 138 Å². The van der Waals surface area contributed by atoms with Crippen molar-refractivity contribution in [2.75, 3.05) is 18.0 Å². The lowest BCUT2D eigenvalue weighted by Crippen LogP contribution is -2.15. The monoisotopic (exact) mass is 576 g/mol. The third-order valence-corrected chi connectivity index (χ3v) is 8.03. The largest absolute Gasteiger partial charge is 0.363 e. The van der Waals surface area contributed by atoms with Crippen LogP contribution in [0.5, 0.6) is 0 Å². The van der Waals surface area contributed by atoms with Crippen LogP contribution in [-0.2, 0) is 0 Å². The van der Waals surface area contributed by atoms with E-state index in [0.29, 0.717) is 21.4 Å². The first-order valence-corrected chi connectivity index (χ1v) is 14.4. The van der Waals surface area contributed by atoms with Gasteiger partial charge in [-0.3, -0.25) is 0 Å². The molecule has 1 aliphatic heterocycles. The van der Waals surface area contributed by atoms with Gasteiger partial charge in [0.2, 0.25) is 5.13 Å². The Balaban J connectivity index is 1.21. The maximum absolute atomic E-state index is 8.89. The molecule has 4 aromatic rings. The van der Waals surface area contributed by atoms with Crippen molar-refractivity contribution in [1.82, 2.24) is 4.98 Å². The molecule has 0 N–H and O–H groups in total. The summed E-state index contributed by atoms with van der Waals surface area (Å²) < 4.78 is 0. The maximum atomic E-state index is 8.89. The molecule has 0 radical (unpaired) electrons. The minimum atomic E-state index is 0.00907. The highest BCUT2D eigenvalue weighted by atomic mass is 32.1. The molecule has 0 saturated carbocycles. The summed E-state index contributed by atoms with van der Waals surface area (Å²) in [6, 6.07) is 19.0. The van der Waals surface area contributed by atoms with Crippen molar-refractivity contribution in [2.45, 2.75) is 26.7 Å². The van der Waals surface area contributed by atoms with Crippen LogP contribution in [0.1, 0.15) is 28.8 Å². The van der Waals surface area contributed by atoms with E-state index in [1.807, 2.05) is 68.5 Å². The third kappa shape index (κ3) is 7.19. The first kappa shape index (κ1) is 27.6. The molecule has 3 heterocycles. The molecule has 10 nitrogen and oxygen atoms in total. The number of aryl methyl sites for hydroxylation is 2. The van der Waals surface area contributed by atoms with Gasteiger partial charge in [0.05, 0.1) is 32.6 Å². The number of allylic oxidation sites excluding steroid dienone is 1. The van der Waals surface area contributed by atoms with Crippen molar-refractivity contribution in [3.8, 4) is 12.1 Å². The number of aromatic nitrogens is 1. The Labute approximate surface area is 245 Å². The zero-order chi connectivity index (χ0) is 28.6. The van der Waals surface area contributed by atoms with Gasteiger partial charge in [0.25, 0.3) is 0 Å². The van der Waals surface area contributed by atoms with Crippen LogP contribution >= 0.6 is 22.7 Å². The predicted octanol–water partition coefficient (Wildman–Crippen LogP) is 10.1. The van der Waals surface area contributed by atoms with Crippen molar-refractivity contribution in [1.29, 1.82) is 10.5 Å². The summed E-state index contributed by atoms with van der Waals surface area (Å²) in [6.45, 7) is 6.12. The van der Waals surface area contributed by atoms with E-state index in [1.54, 1.807) is 17.5 Å². The van der Waals surface area contributed by atoms with Gasteiger partial charge in [-0.25, -0.2) is 4.98 Å². The SMILES string of the molecule is Cc1cc(/N=N/c2ccc(N3CCCC3)s2)ccc1/N=N/c1ccc(/N=N/c2ncc(C=C(C#N)C#N)s2)c(C)c1. The highest BCUT2D eigenvalue weighted by Gasteiger charge is 2.14. The molecule has 0 atom stereocenters. The lowest BCUT2D eigenvalue weighted by molar-refractivity contribution is 0.949. The second-order valence-electron chi connectivity index (χ2n) is 9.17. The molecule has 0 amide bonds. The summed E-state index contributed by atoms with van der Waals surface area (Å²) in [5, 5.41) is 46.5. The van der Waals surface area contributed by atoms with Gasteiger partial charge in [-0.1, -0.05) is 22.7 Å². The molecule has 41 heavy (non-hydrogen) atoms. The number of nitriles is 2. The molecule has 0 bridgehead atoms. The van der Waals surface area contributed by atoms with Crippen molar-refractivity contribution in [2.24, 2.45) is 30.7 Å². The van der Waals surface area contributed by atoms with Crippen LogP contribution in [0.25, 0.3) is 6.08 Å². The second-order valence-corrected chi connectivity index (χ2v) is 11.3. The first-order chi connectivity index (χ1) is 20.0. The molecule has 5 rings (SSSR count). The number of thiazole rings is 1. The number of hydrogen-bond acceptors (Lipinski definition) is 12. The van der Waals surface area contributed by atoms with E-state index in [9.17, 15) is 0 Å².